The van der Waals surface area contributed by atoms with Crippen LogP contribution >= 0.6 is 0 Å². The van der Waals surface area contributed by atoms with Crippen molar-refractivity contribution in [3.8, 4) is 11.5 Å². The molecule has 0 aliphatic carbocycles. The van der Waals surface area contributed by atoms with Gasteiger partial charge in [0.05, 0.1) is 25.3 Å². The molecule has 1 aromatic carbocycles. The lowest BCUT2D eigenvalue weighted by molar-refractivity contribution is -0.138. The zero-order valence-electron chi connectivity index (χ0n) is 9.71. The van der Waals surface area contributed by atoms with Crippen molar-refractivity contribution in [2.75, 3.05) is 12.4 Å². The highest BCUT2D eigenvalue weighted by atomic mass is 16.5. The summed E-state index contributed by atoms with van der Waals surface area (Å²) in [5.41, 5.74) is 5.49. The lowest BCUT2D eigenvalue weighted by atomic mass is 10.2. The number of ether oxygens (including phenoxy) is 1. The molecule has 5 N–H and O–H groups in total. The fraction of sp³-hybridized carbons (Fsp3) is 0.273. The monoisotopic (exact) mass is 254 g/mol. The van der Waals surface area contributed by atoms with Crippen molar-refractivity contribution in [3.05, 3.63) is 18.2 Å². The largest absolute Gasteiger partial charge is 0.506 e. The van der Waals surface area contributed by atoms with Crippen LogP contribution < -0.4 is 15.8 Å². The van der Waals surface area contributed by atoms with E-state index in [9.17, 15) is 14.7 Å². The minimum Gasteiger partial charge on any atom is -0.506 e. The number of anilines is 1. The van der Waals surface area contributed by atoms with Gasteiger partial charge in [-0.2, -0.15) is 0 Å². The molecule has 0 saturated carbocycles. The molecular formula is C11H14N2O5. The number of nitrogens with two attached hydrogens (primary N) is 1. The highest BCUT2D eigenvalue weighted by molar-refractivity contribution is 5.97. The number of carboxylic acids is 1. The number of hydrogen-bond acceptors (Lipinski definition) is 5. The number of aromatic hydroxyl groups is 1. The van der Waals surface area contributed by atoms with Gasteiger partial charge < -0.3 is 26.0 Å². The molecule has 0 fully saturated rings. The minimum absolute atomic E-state index is 0.111. The van der Waals surface area contributed by atoms with E-state index in [2.05, 4.69) is 5.32 Å². The number of phenols is 1. The van der Waals surface area contributed by atoms with Crippen LogP contribution in [0.5, 0.6) is 11.5 Å². The Hall–Kier alpha value is -2.28. The molecule has 1 rings (SSSR count). The third-order valence-electron chi connectivity index (χ3n) is 2.19. The normalized spacial score (nSPS) is 11.7. The van der Waals surface area contributed by atoms with Gasteiger partial charge in [0, 0.05) is 6.07 Å². The quantitative estimate of drug-likeness (QED) is 0.554. The van der Waals surface area contributed by atoms with Crippen LogP contribution in [0.3, 0.4) is 0 Å². The van der Waals surface area contributed by atoms with Crippen LogP contribution in [0.1, 0.15) is 6.42 Å². The van der Waals surface area contributed by atoms with Crippen molar-refractivity contribution < 1.29 is 24.5 Å². The molecule has 0 radical (unpaired) electrons. The first-order chi connectivity index (χ1) is 8.43. The second-order valence-corrected chi connectivity index (χ2v) is 3.58. The van der Waals surface area contributed by atoms with Crippen molar-refractivity contribution in [2.45, 2.75) is 12.5 Å². The molecule has 0 aliphatic heterocycles. The molecule has 1 unspecified atom stereocenters. The van der Waals surface area contributed by atoms with Crippen LogP contribution in [0.25, 0.3) is 0 Å². The first-order valence-corrected chi connectivity index (χ1v) is 5.09. The standard InChI is InChI=1S/C11H14N2O5/c1-18-6-2-3-9(14)8(4-6)13-11(17)7(12)5-10(15)16/h2-4,7,14H,5,12H2,1H3,(H,13,17)(H,15,16). The van der Waals surface area contributed by atoms with E-state index in [0.29, 0.717) is 5.75 Å². The lowest BCUT2D eigenvalue weighted by Gasteiger charge is -2.12. The van der Waals surface area contributed by atoms with Crippen LogP contribution in [0.15, 0.2) is 18.2 Å². The van der Waals surface area contributed by atoms with Gasteiger partial charge in [-0.15, -0.1) is 0 Å². The van der Waals surface area contributed by atoms with Crippen molar-refractivity contribution in [3.63, 3.8) is 0 Å². The van der Waals surface area contributed by atoms with Crippen molar-refractivity contribution >= 4 is 17.6 Å². The number of methoxy groups -OCH3 is 1. The topological polar surface area (TPSA) is 122 Å². The zero-order chi connectivity index (χ0) is 13.7. The number of amides is 1. The summed E-state index contributed by atoms with van der Waals surface area (Å²) in [6.45, 7) is 0. The average Bonchev–Trinajstić information content (AvgIpc) is 2.31. The molecule has 0 bridgehead atoms. The van der Waals surface area contributed by atoms with E-state index < -0.39 is 24.3 Å². The Morgan fingerprint density at radius 2 is 2.17 bits per heavy atom. The molecule has 7 nitrogen and oxygen atoms in total. The third kappa shape index (κ3) is 3.63. The molecule has 1 aromatic rings. The molecule has 18 heavy (non-hydrogen) atoms. The molecule has 1 amide bonds. The second-order valence-electron chi connectivity index (χ2n) is 3.58. The Kier molecular flexibility index (Phi) is 4.50. The molecule has 0 saturated heterocycles. The lowest BCUT2D eigenvalue weighted by Crippen LogP contribution is -2.37. The molecule has 0 aromatic heterocycles. The number of hydrogen-bond donors (Lipinski definition) is 4. The van der Waals surface area contributed by atoms with Crippen LogP contribution in [0.4, 0.5) is 5.69 Å². The molecule has 0 aliphatic rings. The van der Waals surface area contributed by atoms with E-state index in [1.54, 1.807) is 0 Å². The van der Waals surface area contributed by atoms with E-state index in [1.807, 2.05) is 0 Å². The maximum Gasteiger partial charge on any atom is 0.305 e. The minimum atomic E-state index is -1.19. The van der Waals surface area contributed by atoms with Gasteiger partial charge in [0.25, 0.3) is 0 Å². The van der Waals surface area contributed by atoms with E-state index in [-0.39, 0.29) is 11.4 Å². The van der Waals surface area contributed by atoms with Gasteiger partial charge in [0.1, 0.15) is 11.5 Å². The average molecular weight is 254 g/mol. The summed E-state index contributed by atoms with van der Waals surface area (Å²) < 4.78 is 4.93. The van der Waals surface area contributed by atoms with Crippen molar-refractivity contribution in [2.24, 2.45) is 5.73 Å². The fourth-order valence-corrected chi connectivity index (χ4v) is 1.25. The number of carbonyl (C=O) groups excluding carboxylic acids is 1. The predicted octanol–water partition coefficient (Wildman–Crippen LogP) is 0.141. The zero-order valence-corrected chi connectivity index (χ0v) is 9.71. The number of carboxylic acid groups (broad SMARTS) is 1. The van der Waals surface area contributed by atoms with Crippen LogP contribution in [-0.4, -0.2) is 35.2 Å². The molecule has 1 atom stereocenters. The van der Waals surface area contributed by atoms with Crippen molar-refractivity contribution in [1.82, 2.24) is 0 Å². The molecule has 7 heteroatoms. The van der Waals surface area contributed by atoms with Gasteiger partial charge in [-0.05, 0) is 12.1 Å². The van der Waals surface area contributed by atoms with Gasteiger partial charge in [0.2, 0.25) is 5.91 Å². The number of rotatable bonds is 5. The second kappa shape index (κ2) is 5.87. The number of phenolic OH excluding ortho intramolecular Hbond substituents is 1. The summed E-state index contributed by atoms with van der Waals surface area (Å²) in [5, 5.41) is 20.4. The summed E-state index contributed by atoms with van der Waals surface area (Å²) in [7, 11) is 1.44. The highest BCUT2D eigenvalue weighted by Crippen LogP contribution is 2.27. The van der Waals surface area contributed by atoms with E-state index >= 15 is 0 Å². The Balaban J connectivity index is 2.77. The Morgan fingerprint density at radius 3 is 2.72 bits per heavy atom. The number of carbonyl (C=O) groups is 2. The number of nitrogens with one attached hydrogen (secondary N) is 1. The predicted molar refractivity (Wildman–Crippen MR) is 63.5 cm³/mol. The third-order valence-corrected chi connectivity index (χ3v) is 2.19. The molecule has 0 spiro atoms. The number of benzene rings is 1. The van der Waals surface area contributed by atoms with Gasteiger partial charge in [-0.1, -0.05) is 0 Å². The Morgan fingerprint density at radius 1 is 1.50 bits per heavy atom. The summed E-state index contributed by atoms with van der Waals surface area (Å²) >= 11 is 0. The summed E-state index contributed by atoms with van der Waals surface area (Å²) in [6.07, 6.45) is -0.490. The van der Waals surface area contributed by atoms with Gasteiger partial charge >= 0.3 is 5.97 Å². The fourth-order valence-electron chi connectivity index (χ4n) is 1.25. The maximum atomic E-state index is 11.5. The van der Waals surface area contributed by atoms with Crippen LogP contribution in [0.2, 0.25) is 0 Å². The Labute approximate surface area is 103 Å². The Bertz CT molecular complexity index is 461. The number of aliphatic carboxylic acids is 1. The first kappa shape index (κ1) is 13.8. The summed E-state index contributed by atoms with van der Waals surface area (Å²) in [5.74, 6) is -1.59. The van der Waals surface area contributed by atoms with E-state index in [4.69, 9.17) is 15.6 Å². The SMILES string of the molecule is COc1ccc(O)c(NC(=O)C(N)CC(=O)O)c1. The molecule has 0 heterocycles. The summed E-state index contributed by atoms with van der Waals surface area (Å²) in [4.78, 5) is 22.0. The van der Waals surface area contributed by atoms with Gasteiger partial charge in [-0.3, -0.25) is 9.59 Å². The van der Waals surface area contributed by atoms with Crippen LogP contribution in [-0.2, 0) is 9.59 Å². The van der Waals surface area contributed by atoms with Gasteiger partial charge in [-0.25, -0.2) is 0 Å². The van der Waals surface area contributed by atoms with E-state index in [1.165, 1.54) is 25.3 Å². The molecular weight excluding hydrogens is 240 g/mol. The molecule has 98 valence electrons. The smallest absolute Gasteiger partial charge is 0.305 e. The highest BCUT2D eigenvalue weighted by Gasteiger charge is 2.18. The maximum absolute atomic E-state index is 11.5. The van der Waals surface area contributed by atoms with E-state index in [0.717, 1.165) is 0 Å². The van der Waals surface area contributed by atoms with Gasteiger partial charge in [0.15, 0.2) is 0 Å². The van der Waals surface area contributed by atoms with Crippen molar-refractivity contribution in [1.29, 1.82) is 0 Å². The van der Waals surface area contributed by atoms with Crippen LogP contribution in [0, 0.1) is 0 Å². The first-order valence-electron chi connectivity index (χ1n) is 5.09. The summed E-state index contributed by atoms with van der Waals surface area (Å²) in [6, 6.07) is 3.08.